The highest BCUT2D eigenvalue weighted by atomic mass is 79.9. The van der Waals surface area contributed by atoms with Crippen LogP contribution in [0.5, 0.6) is 5.75 Å². The number of nitrogens with one attached hydrogen (secondary N) is 1. The van der Waals surface area contributed by atoms with Crippen LogP contribution in [0, 0.1) is 5.82 Å². The fourth-order valence-corrected chi connectivity index (χ4v) is 3.65. The summed E-state index contributed by atoms with van der Waals surface area (Å²) in [5, 5.41) is 2.77. The molecule has 0 fully saturated rings. The molecule has 2 aromatic carbocycles. The van der Waals surface area contributed by atoms with Crippen LogP contribution in [-0.2, 0) is 16.2 Å². The lowest BCUT2D eigenvalue weighted by Crippen LogP contribution is -2.23. The minimum Gasteiger partial charge on any atom is -0.488 e. The molecule has 1 aliphatic rings. The zero-order valence-corrected chi connectivity index (χ0v) is 16.6. The van der Waals surface area contributed by atoms with Gasteiger partial charge in [-0.25, -0.2) is 4.39 Å². The highest BCUT2D eigenvalue weighted by molar-refractivity contribution is 9.10. The molecule has 1 heterocycles. The molecule has 27 heavy (non-hydrogen) atoms. The molecule has 5 nitrogen and oxygen atoms in total. The molecular formula is C19H14BrFN2O3S. The van der Waals surface area contributed by atoms with Crippen molar-refractivity contribution in [3.8, 4) is 5.75 Å². The second kappa shape index (κ2) is 8.49. The van der Waals surface area contributed by atoms with Crippen LogP contribution >= 0.6 is 27.7 Å². The Morgan fingerprint density at radius 3 is 2.85 bits per heavy atom. The predicted octanol–water partition coefficient (Wildman–Crippen LogP) is 4.27. The third-order valence-electron chi connectivity index (χ3n) is 3.44. The quantitative estimate of drug-likeness (QED) is 0.708. The largest absolute Gasteiger partial charge is 0.488 e. The first-order valence-electron chi connectivity index (χ1n) is 7.87. The van der Waals surface area contributed by atoms with Crippen molar-refractivity contribution in [1.29, 1.82) is 0 Å². The van der Waals surface area contributed by atoms with Gasteiger partial charge in [0.15, 0.2) is 5.17 Å². The van der Waals surface area contributed by atoms with Crippen LogP contribution < -0.4 is 10.1 Å². The zero-order valence-electron chi connectivity index (χ0n) is 14.2. The van der Waals surface area contributed by atoms with Gasteiger partial charge in [0.2, 0.25) is 5.91 Å². The van der Waals surface area contributed by atoms with Crippen molar-refractivity contribution in [2.24, 2.45) is 4.99 Å². The summed E-state index contributed by atoms with van der Waals surface area (Å²) in [6.45, 7) is 1.59. The third-order valence-corrected chi connectivity index (χ3v) is 4.96. The standard InChI is InChI=1S/C19H14BrFN2O3S/c1-11(24)22-19-23-18(25)17(27-19)9-12-5-6-16(15(20)8-12)26-10-13-3-2-4-14(21)7-13/h2-9H,10H2,1H3,(H,22,23,24,25)/b17-9+. The van der Waals surface area contributed by atoms with E-state index >= 15 is 0 Å². The van der Waals surface area contributed by atoms with Gasteiger partial charge in [0, 0.05) is 6.92 Å². The summed E-state index contributed by atoms with van der Waals surface area (Å²) in [5.74, 6) is -0.386. The van der Waals surface area contributed by atoms with E-state index in [0.29, 0.717) is 15.1 Å². The van der Waals surface area contributed by atoms with Gasteiger partial charge >= 0.3 is 0 Å². The molecule has 1 N–H and O–H groups in total. The van der Waals surface area contributed by atoms with E-state index in [1.807, 2.05) is 0 Å². The van der Waals surface area contributed by atoms with Gasteiger partial charge in [0.05, 0.1) is 9.38 Å². The van der Waals surface area contributed by atoms with E-state index in [2.05, 4.69) is 26.2 Å². The Morgan fingerprint density at radius 1 is 1.33 bits per heavy atom. The summed E-state index contributed by atoms with van der Waals surface area (Å²) in [4.78, 5) is 27.2. The third kappa shape index (κ3) is 5.27. The fraction of sp³-hybridized carbons (Fsp3) is 0.105. The van der Waals surface area contributed by atoms with Gasteiger partial charge in [-0.05, 0) is 69.2 Å². The van der Waals surface area contributed by atoms with Gasteiger partial charge in [-0.2, -0.15) is 4.99 Å². The number of hydrogen-bond donors (Lipinski definition) is 1. The average molecular weight is 449 g/mol. The summed E-state index contributed by atoms with van der Waals surface area (Å²) >= 11 is 4.55. The lowest BCUT2D eigenvalue weighted by atomic mass is 10.2. The first kappa shape index (κ1) is 19.3. The van der Waals surface area contributed by atoms with E-state index < -0.39 is 5.91 Å². The summed E-state index contributed by atoms with van der Waals surface area (Å²) in [6, 6.07) is 11.6. The summed E-state index contributed by atoms with van der Waals surface area (Å²) in [7, 11) is 0. The van der Waals surface area contributed by atoms with Crippen LogP contribution in [0.3, 0.4) is 0 Å². The van der Waals surface area contributed by atoms with Crippen LogP contribution in [0.1, 0.15) is 18.1 Å². The molecule has 0 bridgehead atoms. The minimum absolute atomic E-state index is 0.235. The monoisotopic (exact) mass is 448 g/mol. The number of rotatable bonds is 4. The molecule has 2 amide bonds. The maximum Gasteiger partial charge on any atom is 0.286 e. The molecular weight excluding hydrogens is 435 g/mol. The molecule has 0 saturated heterocycles. The van der Waals surface area contributed by atoms with Gasteiger partial charge < -0.3 is 10.1 Å². The predicted molar refractivity (Wildman–Crippen MR) is 107 cm³/mol. The summed E-state index contributed by atoms with van der Waals surface area (Å²) in [5.41, 5.74) is 1.50. The number of amides is 2. The Hall–Kier alpha value is -2.45. The molecule has 3 rings (SSSR count). The molecule has 0 radical (unpaired) electrons. The topological polar surface area (TPSA) is 67.8 Å². The van der Waals surface area contributed by atoms with Crippen molar-refractivity contribution < 1.29 is 18.7 Å². The minimum atomic E-state index is -0.397. The Kier molecular flexibility index (Phi) is 6.08. The molecule has 8 heteroatoms. The number of carbonyl (C=O) groups excluding carboxylic acids is 2. The van der Waals surface area contributed by atoms with Crippen LogP contribution in [0.25, 0.3) is 6.08 Å². The number of ether oxygens (including phenoxy) is 1. The van der Waals surface area contributed by atoms with Crippen molar-refractivity contribution in [1.82, 2.24) is 5.32 Å². The van der Waals surface area contributed by atoms with E-state index in [1.165, 1.54) is 19.1 Å². The van der Waals surface area contributed by atoms with Crippen LogP contribution in [0.15, 0.2) is 56.8 Å². The Morgan fingerprint density at radius 2 is 2.15 bits per heavy atom. The van der Waals surface area contributed by atoms with E-state index in [9.17, 15) is 14.0 Å². The highest BCUT2D eigenvalue weighted by Gasteiger charge is 2.22. The van der Waals surface area contributed by atoms with E-state index in [1.54, 1.807) is 36.4 Å². The zero-order chi connectivity index (χ0) is 19.4. The average Bonchev–Trinajstić information content (AvgIpc) is 2.92. The second-order valence-electron chi connectivity index (χ2n) is 5.62. The fourth-order valence-electron chi connectivity index (χ4n) is 2.28. The number of aliphatic imine (C=N–C) groups is 1. The Balaban J connectivity index is 1.68. The summed E-state index contributed by atoms with van der Waals surface area (Å²) < 4.78 is 19.6. The number of benzene rings is 2. The molecule has 0 spiro atoms. The summed E-state index contributed by atoms with van der Waals surface area (Å²) in [6.07, 6.45) is 1.69. The van der Waals surface area contributed by atoms with Crippen molar-refractivity contribution in [2.45, 2.75) is 13.5 Å². The number of halogens is 2. The first-order chi connectivity index (χ1) is 12.9. The van der Waals surface area contributed by atoms with Crippen molar-refractivity contribution in [2.75, 3.05) is 0 Å². The highest BCUT2D eigenvalue weighted by Crippen LogP contribution is 2.31. The van der Waals surface area contributed by atoms with E-state index in [-0.39, 0.29) is 23.5 Å². The van der Waals surface area contributed by atoms with Gasteiger partial charge in [0.25, 0.3) is 5.91 Å². The molecule has 0 atom stereocenters. The number of carbonyl (C=O) groups is 2. The SMILES string of the molecule is CC(=O)NC1=NC(=O)/C(=C\c2ccc(OCc3cccc(F)c3)c(Br)c2)S1. The van der Waals surface area contributed by atoms with E-state index in [4.69, 9.17) is 4.74 Å². The first-order valence-corrected chi connectivity index (χ1v) is 9.48. The number of hydrogen-bond acceptors (Lipinski definition) is 4. The number of amidine groups is 1. The van der Waals surface area contributed by atoms with Gasteiger partial charge in [0.1, 0.15) is 18.2 Å². The van der Waals surface area contributed by atoms with Gasteiger partial charge in [-0.15, -0.1) is 0 Å². The second-order valence-corrected chi connectivity index (χ2v) is 7.51. The molecule has 0 aliphatic carbocycles. The lowest BCUT2D eigenvalue weighted by molar-refractivity contribution is -0.117. The molecule has 0 unspecified atom stereocenters. The van der Waals surface area contributed by atoms with Crippen molar-refractivity contribution >= 4 is 50.7 Å². The number of thioether (sulfide) groups is 1. The molecule has 138 valence electrons. The van der Waals surface area contributed by atoms with Crippen LogP contribution in [0.4, 0.5) is 4.39 Å². The lowest BCUT2D eigenvalue weighted by Gasteiger charge is -2.09. The molecule has 2 aromatic rings. The normalized spacial score (nSPS) is 15.0. The Bertz CT molecular complexity index is 975. The van der Waals surface area contributed by atoms with Crippen molar-refractivity contribution in [3.63, 3.8) is 0 Å². The van der Waals surface area contributed by atoms with Gasteiger partial charge in [-0.3, -0.25) is 9.59 Å². The van der Waals surface area contributed by atoms with E-state index in [0.717, 1.165) is 22.9 Å². The number of nitrogens with zero attached hydrogens (tertiary/aromatic N) is 1. The molecule has 1 aliphatic heterocycles. The molecule has 0 saturated carbocycles. The maximum atomic E-state index is 13.2. The smallest absolute Gasteiger partial charge is 0.286 e. The van der Waals surface area contributed by atoms with Crippen LogP contribution in [0.2, 0.25) is 0 Å². The van der Waals surface area contributed by atoms with Crippen LogP contribution in [-0.4, -0.2) is 17.0 Å². The maximum absolute atomic E-state index is 13.2. The molecule has 0 aromatic heterocycles. The van der Waals surface area contributed by atoms with Gasteiger partial charge in [-0.1, -0.05) is 18.2 Å². The van der Waals surface area contributed by atoms with Crippen molar-refractivity contribution in [3.05, 3.63) is 68.8 Å². The Labute approximate surface area is 167 Å².